The quantitative estimate of drug-likeness (QED) is 0.811. The number of hydrogen-bond acceptors (Lipinski definition) is 2. The Hall–Kier alpha value is -2.10. The highest BCUT2D eigenvalue weighted by Crippen LogP contribution is 2.35. The number of nitrogens with two attached hydrogens (primary N) is 1. The van der Waals surface area contributed by atoms with E-state index in [0.29, 0.717) is 0 Å². The summed E-state index contributed by atoms with van der Waals surface area (Å²) in [5, 5.41) is 0. The lowest BCUT2D eigenvalue weighted by atomic mass is 10.0. The van der Waals surface area contributed by atoms with Crippen molar-refractivity contribution in [3.05, 3.63) is 48.0 Å². The van der Waals surface area contributed by atoms with Crippen LogP contribution in [0.1, 0.15) is 0 Å². The summed E-state index contributed by atoms with van der Waals surface area (Å²) in [5.41, 5.74) is 5.62. The molecule has 0 heterocycles. The van der Waals surface area contributed by atoms with E-state index >= 15 is 0 Å². The first-order valence-corrected chi connectivity index (χ1v) is 5.02. The maximum Gasteiger partial charge on any atom is 0.154 e. The number of benzene rings is 2. The first-order chi connectivity index (χ1) is 8.15. The number of hydrogen-bond donors (Lipinski definition) is 1. The van der Waals surface area contributed by atoms with Gasteiger partial charge in [0.25, 0.3) is 0 Å². The van der Waals surface area contributed by atoms with Gasteiger partial charge in [-0.1, -0.05) is 18.2 Å². The normalized spacial score (nSPS) is 10.3. The molecule has 0 amide bonds. The van der Waals surface area contributed by atoms with Crippen molar-refractivity contribution < 1.29 is 13.5 Å². The molecule has 0 atom stereocenters. The Morgan fingerprint density at radius 3 is 2.47 bits per heavy atom. The Kier molecular flexibility index (Phi) is 2.95. The maximum atomic E-state index is 13.8. The van der Waals surface area contributed by atoms with Gasteiger partial charge in [-0.15, -0.1) is 0 Å². The summed E-state index contributed by atoms with van der Waals surface area (Å²) in [6, 6.07) is 8.78. The maximum absolute atomic E-state index is 13.8. The van der Waals surface area contributed by atoms with Gasteiger partial charge in [0.1, 0.15) is 11.6 Å². The van der Waals surface area contributed by atoms with Crippen LogP contribution >= 0.6 is 0 Å². The van der Waals surface area contributed by atoms with Crippen LogP contribution in [-0.2, 0) is 0 Å². The Balaban J connectivity index is 2.72. The average Bonchev–Trinajstić information content (AvgIpc) is 2.33. The lowest BCUT2D eigenvalue weighted by Crippen LogP contribution is -1.97. The van der Waals surface area contributed by atoms with E-state index in [-0.39, 0.29) is 22.6 Å². The molecule has 0 saturated carbocycles. The fraction of sp³-hybridized carbons (Fsp3) is 0.0769. The number of nitrogen functional groups attached to an aromatic ring is 1. The van der Waals surface area contributed by atoms with Crippen LogP contribution in [0.4, 0.5) is 14.5 Å². The molecule has 0 aliphatic carbocycles. The molecule has 0 saturated heterocycles. The first-order valence-electron chi connectivity index (χ1n) is 5.02. The zero-order valence-corrected chi connectivity index (χ0v) is 9.21. The second kappa shape index (κ2) is 4.41. The van der Waals surface area contributed by atoms with Crippen LogP contribution in [0.5, 0.6) is 5.75 Å². The standard InChI is InChI=1S/C13H11F2NO/c1-17-11-7-3-5-9(14)12(11)8-4-2-6-10(16)13(8)15/h2-7H,16H2,1H3. The summed E-state index contributed by atoms with van der Waals surface area (Å²) < 4.78 is 32.6. The van der Waals surface area contributed by atoms with Crippen LogP contribution < -0.4 is 10.5 Å². The molecule has 0 radical (unpaired) electrons. The predicted molar refractivity (Wildman–Crippen MR) is 62.8 cm³/mol. The van der Waals surface area contributed by atoms with Gasteiger partial charge < -0.3 is 10.5 Å². The molecule has 4 heteroatoms. The summed E-state index contributed by atoms with van der Waals surface area (Å²) in [5.74, 6) is -0.917. The molecule has 2 rings (SSSR count). The molecule has 0 aliphatic rings. The molecule has 0 bridgehead atoms. The average molecular weight is 235 g/mol. The van der Waals surface area contributed by atoms with Crippen LogP contribution in [-0.4, -0.2) is 7.11 Å². The molecule has 0 unspecified atom stereocenters. The SMILES string of the molecule is COc1cccc(F)c1-c1cccc(N)c1F. The van der Waals surface area contributed by atoms with E-state index in [1.165, 1.54) is 31.4 Å². The van der Waals surface area contributed by atoms with E-state index in [1.54, 1.807) is 12.1 Å². The number of rotatable bonds is 2. The van der Waals surface area contributed by atoms with Crippen LogP contribution in [0.2, 0.25) is 0 Å². The highest BCUT2D eigenvalue weighted by molar-refractivity contribution is 5.74. The van der Waals surface area contributed by atoms with E-state index in [4.69, 9.17) is 10.5 Å². The minimum absolute atomic E-state index is 0.0205. The smallest absolute Gasteiger partial charge is 0.154 e. The third-order valence-corrected chi connectivity index (χ3v) is 2.49. The van der Waals surface area contributed by atoms with Crippen molar-refractivity contribution >= 4 is 5.69 Å². The van der Waals surface area contributed by atoms with Gasteiger partial charge in [0.15, 0.2) is 5.82 Å². The number of halogens is 2. The van der Waals surface area contributed by atoms with Crippen molar-refractivity contribution in [3.63, 3.8) is 0 Å². The molecule has 2 nitrogen and oxygen atoms in total. The van der Waals surface area contributed by atoms with Crippen LogP contribution in [0.15, 0.2) is 36.4 Å². The van der Waals surface area contributed by atoms with Crippen molar-refractivity contribution in [2.45, 2.75) is 0 Å². The van der Waals surface area contributed by atoms with Gasteiger partial charge in [-0.05, 0) is 18.2 Å². The summed E-state index contributed by atoms with van der Waals surface area (Å²) in [6.07, 6.45) is 0. The molecule has 88 valence electrons. The second-order valence-corrected chi connectivity index (χ2v) is 3.53. The van der Waals surface area contributed by atoms with E-state index in [2.05, 4.69) is 0 Å². The van der Waals surface area contributed by atoms with Crippen LogP contribution in [0.3, 0.4) is 0 Å². The highest BCUT2D eigenvalue weighted by Gasteiger charge is 2.16. The van der Waals surface area contributed by atoms with E-state index in [1.807, 2.05) is 0 Å². The van der Waals surface area contributed by atoms with Crippen molar-refractivity contribution in [1.29, 1.82) is 0 Å². The van der Waals surface area contributed by atoms with E-state index in [0.717, 1.165) is 0 Å². The molecular weight excluding hydrogens is 224 g/mol. The van der Waals surface area contributed by atoms with Gasteiger partial charge in [-0.3, -0.25) is 0 Å². The lowest BCUT2D eigenvalue weighted by Gasteiger charge is -2.11. The monoisotopic (exact) mass is 235 g/mol. The van der Waals surface area contributed by atoms with Gasteiger partial charge in [0.2, 0.25) is 0 Å². The van der Waals surface area contributed by atoms with Crippen LogP contribution in [0.25, 0.3) is 11.1 Å². The van der Waals surface area contributed by atoms with Gasteiger partial charge in [-0.25, -0.2) is 8.78 Å². The zero-order valence-electron chi connectivity index (χ0n) is 9.21. The van der Waals surface area contributed by atoms with Crippen molar-refractivity contribution in [2.75, 3.05) is 12.8 Å². The van der Waals surface area contributed by atoms with Gasteiger partial charge in [0.05, 0.1) is 18.4 Å². The minimum Gasteiger partial charge on any atom is -0.496 e. The fourth-order valence-corrected chi connectivity index (χ4v) is 1.68. The molecular formula is C13H11F2NO. The van der Waals surface area contributed by atoms with Crippen molar-refractivity contribution in [3.8, 4) is 16.9 Å². The number of anilines is 1. The molecule has 2 N–H and O–H groups in total. The molecule has 0 spiro atoms. The van der Waals surface area contributed by atoms with Gasteiger partial charge in [-0.2, -0.15) is 0 Å². The molecule has 17 heavy (non-hydrogen) atoms. The second-order valence-electron chi connectivity index (χ2n) is 3.53. The third-order valence-electron chi connectivity index (χ3n) is 2.49. The van der Waals surface area contributed by atoms with Gasteiger partial charge in [0, 0.05) is 5.56 Å². The zero-order chi connectivity index (χ0) is 12.4. The Bertz CT molecular complexity index is 555. The van der Waals surface area contributed by atoms with E-state index in [9.17, 15) is 8.78 Å². The first kappa shape index (κ1) is 11.4. The largest absolute Gasteiger partial charge is 0.496 e. The Labute approximate surface area is 97.6 Å². The lowest BCUT2D eigenvalue weighted by molar-refractivity contribution is 0.413. The Morgan fingerprint density at radius 2 is 1.76 bits per heavy atom. The highest BCUT2D eigenvalue weighted by atomic mass is 19.1. The predicted octanol–water partition coefficient (Wildman–Crippen LogP) is 3.22. The Morgan fingerprint density at radius 1 is 1.06 bits per heavy atom. The molecule has 0 aliphatic heterocycles. The van der Waals surface area contributed by atoms with Crippen molar-refractivity contribution in [1.82, 2.24) is 0 Å². The third kappa shape index (κ3) is 1.93. The molecule has 0 fully saturated rings. The summed E-state index contributed by atoms with van der Waals surface area (Å²) >= 11 is 0. The topological polar surface area (TPSA) is 35.2 Å². The van der Waals surface area contributed by atoms with Crippen LogP contribution in [0, 0.1) is 11.6 Å². The van der Waals surface area contributed by atoms with Gasteiger partial charge >= 0.3 is 0 Å². The molecule has 2 aromatic carbocycles. The summed E-state index contributed by atoms with van der Waals surface area (Å²) in [7, 11) is 1.41. The molecule has 0 aromatic heterocycles. The number of ether oxygens (including phenoxy) is 1. The van der Waals surface area contributed by atoms with E-state index < -0.39 is 11.6 Å². The minimum atomic E-state index is -0.643. The fourth-order valence-electron chi connectivity index (χ4n) is 1.68. The number of methoxy groups -OCH3 is 1. The summed E-state index contributed by atoms with van der Waals surface area (Å²) in [4.78, 5) is 0. The van der Waals surface area contributed by atoms with Crippen molar-refractivity contribution in [2.24, 2.45) is 0 Å². The summed E-state index contributed by atoms with van der Waals surface area (Å²) in [6.45, 7) is 0. The molecule has 2 aromatic rings.